The van der Waals surface area contributed by atoms with Crippen molar-refractivity contribution in [3.63, 3.8) is 0 Å². The van der Waals surface area contributed by atoms with Gasteiger partial charge in [0.05, 0.1) is 6.54 Å². The Kier molecular flexibility index (Phi) is 6.91. The van der Waals surface area contributed by atoms with Crippen LogP contribution in [-0.4, -0.2) is 28.1 Å². The third-order valence-corrected chi connectivity index (χ3v) is 5.39. The summed E-state index contributed by atoms with van der Waals surface area (Å²) in [6, 6.07) is 9.23. The van der Waals surface area contributed by atoms with E-state index in [2.05, 4.69) is 58.3 Å². The molecule has 2 N–H and O–H groups in total. The Morgan fingerprint density at radius 1 is 1.22 bits per heavy atom. The maximum absolute atomic E-state index is 4.83. The molecule has 0 aliphatic heterocycles. The second-order valence-electron chi connectivity index (χ2n) is 7.72. The first kappa shape index (κ1) is 19.5. The summed E-state index contributed by atoms with van der Waals surface area (Å²) in [4.78, 5) is 9.13. The predicted octanol–water partition coefficient (Wildman–Crippen LogP) is 3.87. The van der Waals surface area contributed by atoms with Crippen LogP contribution in [0.4, 0.5) is 0 Å². The molecule has 0 amide bonds. The van der Waals surface area contributed by atoms with Crippen LogP contribution in [0, 0.1) is 12.8 Å². The molecule has 0 radical (unpaired) electrons. The molecule has 1 saturated carbocycles. The molecule has 5 heteroatoms. The second-order valence-corrected chi connectivity index (χ2v) is 7.72. The molecule has 5 nitrogen and oxygen atoms in total. The van der Waals surface area contributed by atoms with Gasteiger partial charge in [-0.3, -0.25) is 0 Å². The maximum atomic E-state index is 4.83. The molecule has 2 aromatic rings. The fourth-order valence-electron chi connectivity index (χ4n) is 3.68. The Bertz CT molecular complexity index is 741. The minimum absolute atomic E-state index is 0.551. The van der Waals surface area contributed by atoms with Gasteiger partial charge < -0.3 is 15.2 Å². The number of benzene rings is 1. The Morgan fingerprint density at radius 2 is 2.00 bits per heavy atom. The molecule has 0 saturated heterocycles. The zero-order valence-electron chi connectivity index (χ0n) is 16.9. The summed E-state index contributed by atoms with van der Waals surface area (Å²) in [6.45, 7) is 8.93. The molecule has 3 rings (SSSR count). The van der Waals surface area contributed by atoms with E-state index in [1.54, 1.807) is 0 Å². The number of guanidine groups is 1. The zero-order valence-corrected chi connectivity index (χ0v) is 16.9. The Hall–Kier alpha value is -2.30. The highest BCUT2D eigenvalue weighted by molar-refractivity contribution is 5.80. The summed E-state index contributed by atoms with van der Waals surface area (Å²) in [6.07, 6.45) is 8.98. The molecule has 27 heavy (non-hydrogen) atoms. The standard InChI is InChI=1S/C22H33N5/c1-4-23-22(26-21-10-8-17(2)9-11-21)25-15-19-6-5-7-20(14-19)16-27-13-12-24-18(27)3/h5-7,12-14,17,21H,4,8-11,15-16H2,1-3H3,(H2,23,25,26). The van der Waals surface area contributed by atoms with Gasteiger partial charge in [0, 0.05) is 31.5 Å². The van der Waals surface area contributed by atoms with E-state index in [1.807, 2.05) is 19.3 Å². The van der Waals surface area contributed by atoms with Gasteiger partial charge in [-0.25, -0.2) is 9.98 Å². The van der Waals surface area contributed by atoms with E-state index in [9.17, 15) is 0 Å². The van der Waals surface area contributed by atoms with Crippen LogP contribution in [0.5, 0.6) is 0 Å². The lowest BCUT2D eigenvalue weighted by Gasteiger charge is -2.28. The Labute approximate surface area is 163 Å². The molecule has 0 spiro atoms. The predicted molar refractivity (Wildman–Crippen MR) is 112 cm³/mol. The third kappa shape index (κ3) is 5.84. The highest BCUT2D eigenvalue weighted by atomic mass is 15.2. The molecule has 1 aromatic heterocycles. The molecule has 1 aromatic carbocycles. The lowest BCUT2D eigenvalue weighted by Crippen LogP contribution is -2.44. The number of hydrogen-bond donors (Lipinski definition) is 2. The van der Waals surface area contributed by atoms with Crippen molar-refractivity contribution < 1.29 is 0 Å². The van der Waals surface area contributed by atoms with Crippen LogP contribution >= 0.6 is 0 Å². The largest absolute Gasteiger partial charge is 0.357 e. The van der Waals surface area contributed by atoms with Crippen molar-refractivity contribution in [2.45, 2.75) is 65.6 Å². The van der Waals surface area contributed by atoms with Crippen LogP contribution < -0.4 is 10.6 Å². The Balaban J connectivity index is 1.61. The van der Waals surface area contributed by atoms with Gasteiger partial charge in [-0.2, -0.15) is 0 Å². The number of hydrogen-bond acceptors (Lipinski definition) is 2. The van der Waals surface area contributed by atoms with E-state index in [1.165, 1.54) is 36.8 Å². The molecule has 0 bridgehead atoms. The van der Waals surface area contributed by atoms with Gasteiger partial charge in [0.25, 0.3) is 0 Å². The lowest BCUT2D eigenvalue weighted by molar-refractivity contribution is 0.329. The van der Waals surface area contributed by atoms with Crippen LogP contribution in [0.25, 0.3) is 0 Å². The van der Waals surface area contributed by atoms with Crippen molar-refractivity contribution in [3.05, 3.63) is 53.6 Å². The van der Waals surface area contributed by atoms with Gasteiger partial charge in [0.1, 0.15) is 5.82 Å². The van der Waals surface area contributed by atoms with Crippen LogP contribution in [0.15, 0.2) is 41.7 Å². The summed E-state index contributed by atoms with van der Waals surface area (Å²) in [5.74, 6) is 2.84. The quantitative estimate of drug-likeness (QED) is 0.602. The molecule has 1 heterocycles. The first-order chi connectivity index (χ1) is 13.1. The van der Waals surface area contributed by atoms with E-state index in [4.69, 9.17) is 4.99 Å². The van der Waals surface area contributed by atoms with Crippen molar-refractivity contribution in [3.8, 4) is 0 Å². The fourth-order valence-corrected chi connectivity index (χ4v) is 3.68. The molecule has 0 atom stereocenters. The van der Waals surface area contributed by atoms with Gasteiger partial charge >= 0.3 is 0 Å². The number of aryl methyl sites for hydroxylation is 1. The molecule has 146 valence electrons. The van der Waals surface area contributed by atoms with Gasteiger partial charge in [0.2, 0.25) is 0 Å². The van der Waals surface area contributed by atoms with E-state index in [0.29, 0.717) is 12.6 Å². The topological polar surface area (TPSA) is 54.2 Å². The fraction of sp³-hybridized carbons (Fsp3) is 0.545. The Morgan fingerprint density at radius 3 is 2.70 bits per heavy atom. The molecule has 0 unspecified atom stereocenters. The summed E-state index contributed by atoms with van der Waals surface area (Å²) in [5.41, 5.74) is 2.52. The van der Waals surface area contributed by atoms with Gasteiger partial charge in [-0.05, 0) is 56.6 Å². The monoisotopic (exact) mass is 367 g/mol. The van der Waals surface area contributed by atoms with Gasteiger partial charge in [-0.15, -0.1) is 0 Å². The maximum Gasteiger partial charge on any atom is 0.191 e. The first-order valence-electron chi connectivity index (χ1n) is 10.2. The van der Waals surface area contributed by atoms with Crippen molar-refractivity contribution in [2.75, 3.05) is 6.54 Å². The van der Waals surface area contributed by atoms with Gasteiger partial charge in [0.15, 0.2) is 5.96 Å². The van der Waals surface area contributed by atoms with Crippen molar-refractivity contribution in [1.29, 1.82) is 0 Å². The smallest absolute Gasteiger partial charge is 0.191 e. The third-order valence-electron chi connectivity index (χ3n) is 5.39. The summed E-state index contributed by atoms with van der Waals surface area (Å²) in [5, 5.41) is 7.03. The van der Waals surface area contributed by atoms with Crippen LogP contribution in [-0.2, 0) is 13.1 Å². The average Bonchev–Trinajstić information content (AvgIpc) is 3.07. The van der Waals surface area contributed by atoms with Crippen LogP contribution in [0.1, 0.15) is 56.5 Å². The minimum atomic E-state index is 0.551. The van der Waals surface area contributed by atoms with Crippen molar-refractivity contribution in [1.82, 2.24) is 20.2 Å². The highest BCUT2D eigenvalue weighted by Gasteiger charge is 2.18. The lowest BCUT2D eigenvalue weighted by atomic mass is 9.87. The number of rotatable bonds is 6. The second kappa shape index (κ2) is 9.58. The zero-order chi connectivity index (χ0) is 19.1. The number of aliphatic imine (C=N–C) groups is 1. The number of imidazole rings is 1. The van der Waals surface area contributed by atoms with E-state index < -0.39 is 0 Å². The first-order valence-corrected chi connectivity index (χ1v) is 10.2. The molecular weight excluding hydrogens is 334 g/mol. The SMILES string of the molecule is CCNC(=NCc1cccc(Cn2ccnc2C)c1)NC1CCC(C)CC1. The number of nitrogens with one attached hydrogen (secondary N) is 2. The minimum Gasteiger partial charge on any atom is -0.357 e. The van der Waals surface area contributed by atoms with E-state index in [-0.39, 0.29) is 0 Å². The summed E-state index contributed by atoms with van der Waals surface area (Å²) in [7, 11) is 0. The average molecular weight is 368 g/mol. The molecule has 1 aliphatic carbocycles. The van der Waals surface area contributed by atoms with E-state index >= 15 is 0 Å². The number of aromatic nitrogens is 2. The van der Waals surface area contributed by atoms with Crippen molar-refractivity contribution in [2.24, 2.45) is 10.9 Å². The normalized spacial score (nSPS) is 20.5. The molecule has 1 fully saturated rings. The molecule has 1 aliphatic rings. The summed E-state index contributed by atoms with van der Waals surface area (Å²) >= 11 is 0. The van der Waals surface area contributed by atoms with Crippen LogP contribution in [0.2, 0.25) is 0 Å². The van der Waals surface area contributed by atoms with Gasteiger partial charge in [-0.1, -0.05) is 31.2 Å². The molecular formula is C22H33N5. The number of nitrogens with zero attached hydrogens (tertiary/aromatic N) is 3. The summed E-state index contributed by atoms with van der Waals surface area (Å²) < 4.78 is 2.16. The van der Waals surface area contributed by atoms with Crippen molar-refractivity contribution >= 4 is 5.96 Å². The van der Waals surface area contributed by atoms with E-state index in [0.717, 1.165) is 30.8 Å². The van der Waals surface area contributed by atoms with Crippen LogP contribution in [0.3, 0.4) is 0 Å². The highest BCUT2D eigenvalue weighted by Crippen LogP contribution is 2.23.